The van der Waals surface area contributed by atoms with Crippen molar-refractivity contribution in [1.29, 1.82) is 0 Å². The van der Waals surface area contributed by atoms with Gasteiger partial charge in [-0.3, -0.25) is 4.79 Å². The summed E-state index contributed by atoms with van der Waals surface area (Å²) in [6.07, 6.45) is 5.79. The molecule has 2 fully saturated rings. The summed E-state index contributed by atoms with van der Waals surface area (Å²) in [5.41, 5.74) is -0.769. The second-order valence-electron chi connectivity index (χ2n) is 12.8. The number of carbonyl (C=O) groups is 2. The van der Waals surface area contributed by atoms with Gasteiger partial charge in [0.1, 0.15) is 5.60 Å². The Morgan fingerprint density at radius 2 is 1.53 bits per heavy atom. The number of ether oxygens (including phenoxy) is 2. The Kier molecular flexibility index (Phi) is 6.83. The maximum absolute atomic E-state index is 13.3. The lowest BCUT2D eigenvalue weighted by Crippen LogP contribution is -2.40. The van der Waals surface area contributed by atoms with E-state index in [-0.39, 0.29) is 29.3 Å². The fraction of sp³-hybridized carbons (Fsp3) is 0.923. The van der Waals surface area contributed by atoms with Crippen LogP contribution in [0.3, 0.4) is 0 Å². The molecule has 0 radical (unpaired) electrons. The highest BCUT2D eigenvalue weighted by Gasteiger charge is 2.78. The van der Waals surface area contributed by atoms with E-state index in [9.17, 15) is 9.59 Å². The zero-order valence-corrected chi connectivity index (χ0v) is 21.2. The lowest BCUT2D eigenvalue weighted by Gasteiger charge is -2.42. The normalized spacial score (nSPS) is 35.8. The van der Waals surface area contributed by atoms with Crippen LogP contribution in [0.2, 0.25) is 0 Å². The molecule has 2 aliphatic rings. The lowest BCUT2D eigenvalue weighted by molar-refractivity contribution is -0.176. The first-order chi connectivity index (χ1) is 13.5. The Morgan fingerprint density at radius 3 is 1.93 bits per heavy atom. The van der Waals surface area contributed by atoms with E-state index in [1.54, 1.807) is 0 Å². The second kappa shape index (κ2) is 8.13. The average molecular weight is 423 g/mol. The van der Waals surface area contributed by atoms with Gasteiger partial charge in [-0.15, -0.1) is 0 Å². The lowest BCUT2D eigenvalue weighted by atomic mass is 9.69. The topological polar surface area (TPSA) is 52.6 Å². The van der Waals surface area contributed by atoms with Crippen LogP contribution in [0, 0.1) is 33.5 Å². The van der Waals surface area contributed by atoms with Crippen molar-refractivity contribution in [2.24, 2.45) is 33.5 Å². The van der Waals surface area contributed by atoms with Crippen molar-refractivity contribution in [2.45, 2.75) is 113 Å². The van der Waals surface area contributed by atoms with Crippen LogP contribution >= 0.6 is 0 Å². The largest absolute Gasteiger partial charge is 0.457 e. The van der Waals surface area contributed by atoms with Crippen LogP contribution in [0.1, 0.15) is 108 Å². The average Bonchev–Trinajstić information content (AvgIpc) is 3.11. The van der Waals surface area contributed by atoms with Crippen LogP contribution in [0.5, 0.6) is 0 Å². The van der Waals surface area contributed by atoms with Gasteiger partial charge in [0, 0.05) is 0 Å². The third kappa shape index (κ3) is 4.72. The summed E-state index contributed by atoms with van der Waals surface area (Å²) >= 11 is 0. The molecule has 0 aromatic carbocycles. The van der Waals surface area contributed by atoms with Crippen molar-refractivity contribution in [2.75, 3.05) is 6.61 Å². The van der Waals surface area contributed by atoms with Gasteiger partial charge >= 0.3 is 11.9 Å². The standard InChI is InChI=1S/C26H46O4/c1-11-24(9)12-14-25(10,15-13-24)30-19(27)17-29-21(28)26(16-18(2)3)20(22(4,5)6)23(26,7)8/h18,20H,11-17H2,1-10H3. The Bertz CT molecular complexity index is 646. The van der Waals surface area contributed by atoms with Crippen LogP contribution in [-0.2, 0) is 19.1 Å². The summed E-state index contributed by atoms with van der Waals surface area (Å²) in [5, 5.41) is 0. The quantitative estimate of drug-likeness (QED) is 0.436. The summed E-state index contributed by atoms with van der Waals surface area (Å²) in [5.74, 6) is -0.0435. The molecule has 0 spiro atoms. The second-order valence-corrected chi connectivity index (χ2v) is 12.8. The van der Waals surface area contributed by atoms with Gasteiger partial charge in [-0.25, -0.2) is 4.79 Å². The molecule has 4 nitrogen and oxygen atoms in total. The minimum absolute atomic E-state index is 0.000574. The third-order valence-corrected chi connectivity index (χ3v) is 8.29. The van der Waals surface area contributed by atoms with Crippen molar-refractivity contribution >= 4 is 11.9 Å². The molecule has 2 rings (SSSR count). The van der Waals surface area contributed by atoms with Crippen LogP contribution < -0.4 is 0 Å². The molecular formula is C26H46O4. The SMILES string of the molecule is CCC1(C)CCC(C)(OC(=O)COC(=O)C2(CC(C)C)C(C(C)(C)C)C2(C)C)CC1. The molecule has 2 saturated carbocycles. The first-order valence-electron chi connectivity index (χ1n) is 11.9. The maximum Gasteiger partial charge on any atom is 0.344 e. The zero-order chi connectivity index (χ0) is 23.2. The smallest absolute Gasteiger partial charge is 0.344 e. The number of esters is 2. The molecule has 174 valence electrons. The molecule has 30 heavy (non-hydrogen) atoms. The van der Waals surface area contributed by atoms with Gasteiger partial charge in [-0.2, -0.15) is 0 Å². The van der Waals surface area contributed by atoms with Crippen molar-refractivity contribution in [3.63, 3.8) is 0 Å². The van der Waals surface area contributed by atoms with E-state index in [2.05, 4.69) is 62.3 Å². The fourth-order valence-corrected chi connectivity index (χ4v) is 6.56. The van der Waals surface area contributed by atoms with Crippen molar-refractivity contribution in [1.82, 2.24) is 0 Å². The number of hydrogen-bond acceptors (Lipinski definition) is 4. The fourth-order valence-electron chi connectivity index (χ4n) is 6.56. The van der Waals surface area contributed by atoms with Gasteiger partial charge in [0.2, 0.25) is 0 Å². The molecule has 0 saturated heterocycles. The molecule has 0 aromatic heterocycles. The van der Waals surface area contributed by atoms with Crippen LogP contribution in [0.25, 0.3) is 0 Å². The van der Waals surface area contributed by atoms with Crippen LogP contribution in [-0.4, -0.2) is 24.1 Å². The van der Waals surface area contributed by atoms with Gasteiger partial charge in [0.15, 0.2) is 6.61 Å². The summed E-state index contributed by atoms with van der Waals surface area (Å²) in [7, 11) is 0. The van der Waals surface area contributed by atoms with E-state index in [1.165, 1.54) is 0 Å². The number of carbonyl (C=O) groups excluding carboxylic acids is 2. The van der Waals surface area contributed by atoms with E-state index in [0.717, 1.165) is 38.5 Å². The first-order valence-corrected chi connectivity index (χ1v) is 11.9. The minimum atomic E-state index is -0.530. The van der Waals surface area contributed by atoms with Crippen LogP contribution in [0.4, 0.5) is 0 Å². The molecule has 2 unspecified atom stereocenters. The Hall–Kier alpha value is -1.06. The minimum Gasteiger partial charge on any atom is -0.457 e. The van der Waals surface area contributed by atoms with Gasteiger partial charge in [0.05, 0.1) is 5.41 Å². The molecule has 0 N–H and O–H groups in total. The third-order valence-electron chi connectivity index (χ3n) is 8.29. The number of hydrogen-bond donors (Lipinski definition) is 0. The van der Waals surface area contributed by atoms with Gasteiger partial charge < -0.3 is 9.47 Å². The summed E-state index contributed by atoms with van der Waals surface area (Å²) in [4.78, 5) is 25.9. The van der Waals surface area contributed by atoms with Gasteiger partial charge in [-0.1, -0.05) is 68.7 Å². The van der Waals surface area contributed by atoms with E-state index < -0.39 is 17.0 Å². The van der Waals surface area contributed by atoms with E-state index in [0.29, 0.717) is 11.3 Å². The highest BCUT2D eigenvalue weighted by atomic mass is 16.6. The van der Waals surface area contributed by atoms with E-state index in [1.807, 2.05) is 6.92 Å². The number of rotatable bonds is 7. The highest BCUT2D eigenvalue weighted by Crippen LogP contribution is 2.77. The van der Waals surface area contributed by atoms with E-state index in [4.69, 9.17) is 9.47 Å². The monoisotopic (exact) mass is 422 g/mol. The van der Waals surface area contributed by atoms with Crippen molar-refractivity contribution in [3.8, 4) is 0 Å². The molecule has 0 bridgehead atoms. The molecular weight excluding hydrogens is 376 g/mol. The Morgan fingerprint density at radius 1 is 1.00 bits per heavy atom. The maximum atomic E-state index is 13.3. The molecule has 0 amide bonds. The van der Waals surface area contributed by atoms with Crippen LogP contribution in [0.15, 0.2) is 0 Å². The highest BCUT2D eigenvalue weighted by molar-refractivity contribution is 5.85. The predicted octanol–water partition coefficient (Wildman–Crippen LogP) is 6.56. The van der Waals surface area contributed by atoms with Crippen molar-refractivity contribution in [3.05, 3.63) is 0 Å². The Labute approximate surface area is 184 Å². The molecule has 2 atom stereocenters. The molecule has 0 aromatic rings. The molecule has 2 aliphatic carbocycles. The Balaban J connectivity index is 2.00. The van der Waals surface area contributed by atoms with Gasteiger partial charge in [0.25, 0.3) is 0 Å². The molecule has 0 aliphatic heterocycles. The molecule has 0 heterocycles. The van der Waals surface area contributed by atoms with E-state index >= 15 is 0 Å². The first kappa shape index (κ1) is 25.2. The molecule has 4 heteroatoms. The van der Waals surface area contributed by atoms with Gasteiger partial charge in [-0.05, 0) is 67.1 Å². The predicted molar refractivity (Wildman–Crippen MR) is 121 cm³/mol. The summed E-state index contributed by atoms with van der Waals surface area (Å²) < 4.78 is 11.4. The summed E-state index contributed by atoms with van der Waals surface area (Å²) in [6, 6.07) is 0. The van der Waals surface area contributed by atoms with Crippen molar-refractivity contribution < 1.29 is 19.1 Å². The zero-order valence-electron chi connectivity index (χ0n) is 21.2. The summed E-state index contributed by atoms with van der Waals surface area (Å²) in [6.45, 7) is 21.5.